The Kier molecular flexibility index (Phi) is 4.42. The molecular weight excluding hydrogens is 274 g/mol. The van der Waals surface area contributed by atoms with Crippen LogP contribution in [0.4, 0.5) is 10.5 Å². The molecule has 0 aromatic heterocycles. The molecule has 0 heterocycles. The van der Waals surface area contributed by atoms with Crippen molar-refractivity contribution in [2.24, 2.45) is 11.7 Å². The summed E-state index contributed by atoms with van der Waals surface area (Å²) in [7, 11) is 0. The molecule has 1 aliphatic rings. The zero-order valence-corrected chi connectivity index (χ0v) is 11.3. The largest absolute Gasteiger partial charge is 0.480 e. The third-order valence-electron chi connectivity index (χ3n) is 3.26. The van der Waals surface area contributed by atoms with Crippen LogP contribution in [0, 0.1) is 5.92 Å². The predicted octanol–water partition coefficient (Wildman–Crippen LogP) is 1.16. The first kappa shape index (κ1) is 14.8. The van der Waals surface area contributed by atoms with Crippen LogP contribution in [0.1, 0.15) is 29.6 Å². The van der Waals surface area contributed by atoms with E-state index in [1.54, 1.807) is 12.1 Å². The number of carbonyl (C=O) groups excluding carboxylic acids is 2. The number of urea groups is 1. The lowest BCUT2D eigenvalue weighted by atomic mass is 10.1. The van der Waals surface area contributed by atoms with Crippen molar-refractivity contribution >= 4 is 23.6 Å². The van der Waals surface area contributed by atoms with Crippen molar-refractivity contribution in [2.45, 2.75) is 25.3 Å². The van der Waals surface area contributed by atoms with E-state index in [1.165, 1.54) is 12.1 Å². The van der Waals surface area contributed by atoms with E-state index < -0.39 is 23.9 Å². The summed E-state index contributed by atoms with van der Waals surface area (Å²) in [5, 5.41) is 14.0. The van der Waals surface area contributed by atoms with E-state index in [0.717, 1.165) is 12.8 Å². The van der Waals surface area contributed by atoms with Gasteiger partial charge in [-0.05, 0) is 30.5 Å². The Morgan fingerprint density at radius 1 is 1.33 bits per heavy atom. The lowest BCUT2D eigenvalue weighted by Gasteiger charge is -2.14. The van der Waals surface area contributed by atoms with Crippen molar-refractivity contribution in [3.63, 3.8) is 0 Å². The number of aliphatic carboxylic acids is 1. The third-order valence-corrected chi connectivity index (χ3v) is 3.26. The fraction of sp³-hybridized carbons (Fsp3) is 0.357. The summed E-state index contributed by atoms with van der Waals surface area (Å²) in [5.74, 6) is -1.15. The maximum Gasteiger partial charge on any atom is 0.326 e. The van der Waals surface area contributed by atoms with Crippen molar-refractivity contribution in [1.82, 2.24) is 5.32 Å². The molecule has 112 valence electrons. The molecule has 1 aliphatic carbocycles. The van der Waals surface area contributed by atoms with Gasteiger partial charge in [-0.2, -0.15) is 0 Å². The molecule has 7 nitrogen and oxygen atoms in total. The molecule has 1 unspecified atom stereocenters. The van der Waals surface area contributed by atoms with E-state index >= 15 is 0 Å². The maximum atomic E-state index is 12.1. The Morgan fingerprint density at radius 3 is 2.62 bits per heavy atom. The predicted molar refractivity (Wildman–Crippen MR) is 75.9 cm³/mol. The van der Waals surface area contributed by atoms with Crippen LogP contribution in [0.15, 0.2) is 24.3 Å². The Hall–Kier alpha value is -2.57. The zero-order chi connectivity index (χ0) is 15.4. The Bertz CT molecular complexity index is 569. The van der Waals surface area contributed by atoms with Gasteiger partial charge in [0, 0.05) is 11.3 Å². The smallest absolute Gasteiger partial charge is 0.326 e. The van der Waals surface area contributed by atoms with Crippen molar-refractivity contribution in [3.05, 3.63) is 29.8 Å². The number of amides is 3. The molecule has 1 atom stereocenters. The molecule has 1 aromatic rings. The minimum Gasteiger partial charge on any atom is -0.480 e. The van der Waals surface area contributed by atoms with Gasteiger partial charge in [-0.15, -0.1) is 0 Å². The lowest BCUT2D eigenvalue weighted by Crippen LogP contribution is -2.41. The van der Waals surface area contributed by atoms with E-state index in [1.807, 2.05) is 0 Å². The van der Waals surface area contributed by atoms with E-state index in [0.29, 0.717) is 18.0 Å². The summed E-state index contributed by atoms with van der Waals surface area (Å²) >= 11 is 0. The number of carbonyl (C=O) groups is 3. The number of benzene rings is 1. The number of rotatable bonds is 6. The van der Waals surface area contributed by atoms with Crippen LogP contribution in [0.5, 0.6) is 0 Å². The summed E-state index contributed by atoms with van der Waals surface area (Å²) in [5.41, 5.74) is 5.65. The second-order valence-corrected chi connectivity index (χ2v) is 5.11. The second-order valence-electron chi connectivity index (χ2n) is 5.11. The second kappa shape index (κ2) is 6.25. The average molecular weight is 291 g/mol. The van der Waals surface area contributed by atoms with Gasteiger partial charge in [0.2, 0.25) is 0 Å². The maximum absolute atomic E-state index is 12.1. The summed E-state index contributed by atoms with van der Waals surface area (Å²) in [4.78, 5) is 34.0. The van der Waals surface area contributed by atoms with Crippen LogP contribution in [0.3, 0.4) is 0 Å². The molecule has 3 amide bonds. The number of carboxylic acids is 1. The summed E-state index contributed by atoms with van der Waals surface area (Å²) in [6, 6.07) is 4.52. The number of hydrogen-bond acceptors (Lipinski definition) is 3. The highest BCUT2D eigenvalue weighted by Gasteiger charge is 2.30. The van der Waals surface area contributed by atoms with E-state index in [9.17, 15) is 14.4 Å². The van der Waals surface area contributed by atoms with Crippen molar-refractivity contribution in [2.75, 3.05) is 5.32 Å². The molecule has 5 N–H and O–H groups in total. The average Bonchev–Trinajstić information content (AvgIpc) is 3.21. The number of anilines is 1. The Balaban J connectivity index is 2.03. The van der Waals surface area contributed by atoms with Gasteiger partial charge < -0.3 is 21.5 Å². The van der Waals surface area contributed by atoms with Crippen LogP contribution in [-0.4, -0.2) is 29.1 Å². The minimum atomic E-state index is -1.04. The standard InChI is InChI=1S/C14H17N3O4/c15-14(21)16-10-3-1-2-9(7-10)12(18)17-11(13(19)20)6-8-4-5-8/h1-3,7-8,11H,4-6H2,(H,17,18)(H,19,20)(H3,15,16,21). The molecule has 0 radical (unpaired) electrons. The van der Waals surface area contributed by atoms with Crippen LogP contribution in [-0.2, 0) is 4.79 Å². The topological polar surface area (TPSA) is 122 Å². The van der Waals surface area contributed by atoms with Crippen LogP contribution in [0.2, 0.25) is 0 Å². The zero-order valence-electron chi connectivity index (χ0n) is 11.3. The highest BCUT2D eigenvalue weighted by molar-refractivity contribution is 5.98. The van der Waals surface area contributed by atoms with Gasteiger partial charge in [0.15, 0.2) is 0 Å². The highest BCUT2D eigenvalue weighted by atomic mass is 16.4. The quantitative estimate of drug-likeness (QED) is 0.628. The first-order chi connectivity index (χ1) is 9.95. The number of nitrogens with two attached hydrogens (primary N) is 1. The summed E-state index contributed by atoms with van der Waals surface area (Å²) < 4.78 is 0. The van der Waals surface area contributed by atoms with Gasteiger partial charge >= 0.3 is 12.0 Å². The molecule has 1 saturated carbocycles. The van der Waals surface area contributed by atoms with Gasteiger partial charge in [0.05, 0.1) is 0 Å². The SMILES string of the molecule is NC(=O)Nc1cccc(C(=O)NC(CC2CC2)C(=O)O)c1. The summed E-state index contributed by atoms with van der Waals surface area (Å²) in [6.45, 7) is 0. The molecule has 0 aliphatic heterocycles. The van der Waals surface area contributed by atoms with Gasteiger partial charge in [0.1, 0.15) is 6.04 Å². The molecular formula is C14H17N3O4. The summed E-state index contributed by atoms with van der Waals surface area (Å²) in [6.07, 6.45) is 2.47. The third kappa shape index (κ3) is 4.48. The molecule has 1 fully saturated rings. The normalized spacial score (nSPS) is 15.0. The molecule has 21 heavy (non-hydrogen) atoms. The number of hydrogen-bond donors (Lipinski definition) is 4. The molecule has 0 bridgehead atoms. The number of nitrogens with one attached hydrogen (secondary N) is 2. The van der Waals surface area contributed by atoms with E-state index in [2.05, 4.69) is 10.6 Å². The molecule has 1 aromatic carbocycles. The Morgan fingerprint density at radius 2 is 2.05 bits per heavy atom. The first-order valence-corrected chi connectivity index (χ1v) is 6.66. The lowest BCUT2D eigenvalue weighted by molar-refractivity contribution is -0.139. The van der Waals surface area contributed by atoms with Gasteiger partial charge in [0.25, 0.3) is 5.91 Å². The van der Waals surface area contributed by atoms with E-state index in [4.69, 9.17) is 10.8 Å². The fourth-order valence-corrected chi connectivity index (χ4v) is 2.03. The molecule has 7 heteroatoms. The Labute approximate surface area is 121 Å². The van der Waals surface area contributed by atoms with Crippen molar-refractivity contribution in [1.29, 1.82) is 0 Å². The fourth-order valence-electron chi connectivity index (χ4n) is 2.03. The van der Waals surface area contributed by atoms with Gasteiger partial charge in [-0.1, -0.05) is 18.9 Å². The highest BCUT2D eigenvalue weighted by Crippen LogP contribution is 2.33. The number of primary amides is 1. The molecule has 0 saturated heterocycles. The molecule has 0 spiro atoms. The minimum absolute atomic E-state index is 0.267. The van der Waals surface area contributed by atoms with Crippen molar-refractivity contribution in [3.8, 4) is 0 Å². The van der Waals surface area contributed by atoms with E-state index in [-0.39, 0.29) is 5.56 Å². The van der Waals surface area contributed by atoms with Gasteiger partial charge in [-0.25, -0.2) is 9.59 Å². The van der Waals surface area contributed by atoms with Crippen LogP contribution >= 0.6 is 0 Å². The van der Waals surface area contributed by atoms with Gasteiger partial charge in [-0.3, -0.25) is 4.79 Å². The first-order valence-electron chi connectivity index (χ1n) is 6.66. The van der Waals surface area contributed by atoms with Crippen LogP contribution in [0.25, 0.3) is 0 Å². The monoisotopic (exact) mass is 291 g/mol. The number of carboxylic acid groups (broad SMARTS) is 1. The van der Waals surface area contributed by atoms with Crippen LogP contribution < -0.4 is 16.4 Å². The molecule has 2 rings (SSSR count). The van der Waals surface area contributed by atoms with Crippen molar-refractivity contribution < 1.29 is 19.5 Å².